The molecule has 1 aromatic rings. The molecule has 1 fully saturated rings. The molecule has 1 aliphatic rings. The van der Waals surface area contributed by atoms with Crippen molar-refractivity contribution in [3.8, 4) is 0 Å². The minimum Gasteiger partial charge on any atom is -0.369 e. The van der Waals surface area contributed by atoms with Gasteiger partial charge >= 0.3 is 0 Å². The molecule has 0 aromatic heterocycles. The molecule has 0 spiro atoms. The third-order valence-electron chi connectivity index (χ3n) is 2.98. The highest BCUT2D eigenvalue weighted by molar-refractivity contribution is 9.10. The van der Waals surface area contributed by atoms with E-state index in [9.17, 15) is 4.79 Å². The zero-order valence-electron chi connectivity index (χ0n) is 10.4. The first-order valence-electron chi connectivity index (χ1n) is 6.02. The Morgan fingerprint density at radius 2 is 2.39 bits per heavy atom. The van der Waals surface area contributed by atoms with E-state index in [2.05, 4.69) is 21.2 Å². The molecule has 1 amide bonds. The summed E-state index contributed by atoms with van der Waals surface area (Å²) in [4.78, 5) is 13.9. The molecule has 0 bridgehead atoms. The minimum absolute atomic E-state index is 0.0282. The number of halogens is 1. The fraction of sp³-hybridized carbons (Fsp3) is 0.462. The van der Waals surface area contributed by atoms with Crippen molar-refractivity contribution in [2.75, 3.05) is 31.7 Å². The number of rotatable bonds is 4. The van der Waals surface area contributed by atoms with E-state index >= 15 is 0 Å². The smallest absolute Gasteiger partial charge is 0.253 e. The summed E-state index contributed by atoms with van der Waals surface area (Å²) in [5.74, 6) is 0.0282. The van der Waals surface area contributed by atoms with Crippen LogP contribution in [0.3, 0.4) is 0 Å². The van der Waals surface area contributed by atoms with Crippen molar-refractivity contribution in [1.82, 2.24) is 5.32 Å². The van der Waals surface area contributed by atoms with Crippen LogP contribution in [0.4, 0.5) is 5.69 Å². The Kier molecular flexibility index (Phi) is 4.74. The molecule has 0 aliphatic carbocycles. The lowest BCUT2D eigenvalue weighted by Crippen LogP contribution is -2.50. The summed E-state index contributed by atoms with van der Waals surface area (Å²) in [6.07, 6.45) is 0.884. The first kappa shape index (κ1) is 13.5. The van der Waals surface area contributed by atoms with Crippen molar-refractivity contribution in [1.29, 1.82) is 0 Å². The highest BCUT2D eigenvalue weighted by Gasteiger charge is 2.29. The molecule has 1 unspecified atom stereocenters. The van der Waals surface area contributed by atoms with Gasteiger partial charge < -0.3 is 15.0 Å². The Hall–Kier alpha value is -0.910. The molecule has 0 radical (unpaired) electrons. The topological polar surface area (TPSA) is 41.6 Å². The highest BCUT2D eigenvalue weighted by atomic mass is 79.9. The van der Waals surface area contributed by atoms with Gasteiger partial charge in [-0.25, -0.2) is 0 Å². The number of hydrogen-bond acceptors (Lipinski definition) is 3. The van der Waals surface area contributed by atoms with Crippen LogP contribution in [-0.4, -0.2) is 38.8 Å². The predicted molar refractivity (Wildman–Crippen MR) is 74.8 cm³/mol. The van der Waals surface area contributed by atoms with Gasteiger partial charge in [0.05, 0.1) is 12.6 Å². The van der Waals surface area contributed by atoms with E-state index in [1.807, 2.05) is 36.2 Å². The van der Waals surface area contributed by atoms with E-state index < -0.39 is 0 Å². The third kappa shape index (κ3) is 3.10. The largest absolute Gasteiger partial charge is 0.369 e. The quantitative estimate of drug-likeness (QED) is 0.921. The van der Waals surface area contributed by atoms with E-state index in [4.69, 9.17) is 4.74 Å². The van der Waals surface area contributed by atoms with Crippen LogP contribution in [0.5, 0.6) is 0 Å². The summed E-state index contributed by atoms with van der Waals surface area (Å²) in [6, 6.07) is 7.93. The monoisotopic (exact) mass is 312 g/mol. The molecule has 1 heterocycles. The molecular weight excluding hydrogens is 296 g/mol. The van der Waals surface area contributed by atoms with Crippen LogP contribution in [-0.2, 0) is 9.53 Å². The van der Waals surface area contributed by atoms with Crippen LogP contribution in [0.15, 0.2) is 28.7 Å². The summed E-state index contributed by atoms with van der Waals surface area (Å²) in [5, 5.41) is 3.11. The number of amides is 1. The van der Waals surface area contributed by atoms with Crippen LogP contribution in [0.2, 0.25) is 0 Å². The number of nitrogens with zero attached hydrogens (tertiary/aromatic N) is 1. The van der Waals surface area contributed by atoms with Crippen molar-refractivity contribution in [2.24, 2.45) is 0 Å². The van der Waals surface area contributed by atoms with Crippen LogP contribution >= 0.6 is 15.9 Å². The fourth-order valence-corrected chi connectivity index (χ4v) is 2.52. The Morgan fingerprint density at radius 1 is 1.56 bits per heavy atom. The standard InChI is InChI=1S/C13H17BrN2O2/c1-15-6-5-12-8-18-9-13(17)16(12)11-4-2-3-10(14)7-11/h2-4,7,12,15H,5-6,8-9H2,1H3. The molecule has 2 rings (SSSR count). The molecule has 1 saturated heterocycles. The van der Waals surface area contributed by atoms with E-state index in [-0.39, 0.29) is 18.6 Å². The Labute approximate surface area is 115 Å². The Balaban J connectivity index is 2.21. The normalized spacial score (nSPS) is 20.2. The van der Waals surface area contributed by atoms with Crippen molar-refractivity contribution >= 4 is 27.5 Å². The number of hydrogen-bond donors (Lipinski definition) is 1. The number of carbonyl (C=O) groups excluding carboxylic acids is 1. The minimum atomic E-state index is 0.0282. The number of carbonyl (C=O) groups is 1. The first-order valence-corrected chi connectivity index (χ1v) is 6.81. The lowest BCUT2D eigenvalue weighted by molar-refractivity contribution is -0.127. The average Bonchev–Trinajstić information content (AvgIpc) is 2.36. The maximum absolute atomic E-state index is 12.0. The second-order valence-electron chi connectivity index (χ2n) is 4.30. The van der Waals surface area contributed by atoms with E-state index in [1.165, 1.54) is 0 Å². The summed E-state index contributed by atoms with van der Waals surface area (Å²) in [6.45, 7) is 1.63. The third-order valence-corrected chi connectivity index (χ3v) is 3.48. The maximum Gasteiger partial charge on any atom is 0.253 e. The summed E-state index contributed by atoms with van der Waals surface area (Å²) < 4.78 is 6.32. The van der Waals surface area contributed by atoms with Crippen LogP contribution < -0.4 is 10.2 Å². The predicted octanol–water partition coefficient (Wildman–Crippen LogP) is 1.79. The van der Waals surface area contributed by atoms with Gasteiger partial charge in [-0.1, -0.05) is 22.0 Å². The molecule has 1 N–H and O–H groups in total. The zero-order valence-corrected chi connectivity index (χ0v) is 11.9. The molecule has 1 aromatic carbocycles. The number of anilines is 1. The van der Waals surface area contributed by atoms with Gasteiger partial charge in [-0.3, -0.25) is 4.79 Å². The lowest BCUT2D eigenvalue weighted by Gasteiger charge is -2.35. The van der Waals surface area contributed by atoms with E-state index in [0.717, 1.165) is 23.1 Å². The van der Waals surface area contributed by atoms with Crippen molar-refractivity contribution < 1.29 is 9.53 Å². The van der Waals surface area contributed by atoms with Crippen molar-refractivity contribution in [3.63, 3.8) is 0 Å². The first-order chi connectivity index (χ1) is 8.72. The second kappa shape index (κ2) is 6.31. The van der Waals surface area contributed by atoms with Gasteiger partial charge in [-0.15, -0.1) is 0 Å². The van der Waals surface area contributed by atoms with Crippen molar-refractivity contribution in [3.05, 3.63) is 28.7 Å². The van der Waals surface area contributed by atoms with Crippen LogP contribution in [0, 0.1) is 0 Å². The molecule has 0 saturated carbocycles. The summed E-state index contributed by atoms with van der Waals surface area (Å²) in [5.41, 5.74) is 0.929. The molecule has 5 heteroatoms. The average molecular weight is 313 g/mol. The number of ether oxygens (including phenoxy) is 1. The number of benzene rings is 1. The SMILES string of the molecule is CNCCC1COCC(=O)N1c1cccc(Br)c1. The lowest BCUT2D eigenvalue weighted by atomic mass is 10.1. The second-order valence-corrected chi connectivity index (χ2v) is 5.22. The zero-order chi connectivity index (χ0) is 13.0. The van der Waals surface area contributed by atoms with Gasteiger partial charge in [-0.2, -0.15) is 0 Å². The molecule has 98 valence electrons. The van der Waals surface area contributed by atoms with Gasteiger partial charge in [0, 0.05) is 10.2 Å². The van der Waals surface area contributed by atoms with E-state index in [1.54, 1.807) is 0 Å². The van der Waals surface area contributed by atoms with E-state index in [0.29, 0.717) is 6.61 Å². The number of nitrogens with one attached hydrogen (secondary N) is 1. The maximum atomic E-state index is 12.0. The highest BCUT2D eigenvalue weighted by Crippen LogP contribution is 2.25. The summed E-state index contributed by atoms with van der Waals surface area (Å²) >= 11 is 3.44. The molecule has 18 heavy (non-hydrogen) atoms. The van der Waals surface area contributed by atoms with Gasteiger partial charge in [-0.05, 0) is 38.2 Å². The molecule has 1 aliphatic heterocycles. The van der Waals surface area contributed by atoms with Crippen molar-refractivity contribution in [2.45, 2.75) is 12.5 Å². The van der Waals surface area contributed by atoms with Crippen LogP contribution in [0.25, 0.3) is 0 Å². The van der Waals surface area contributed by atoms with Crippen LogP contribution in [0.1, 0.15) is 6.42 Å². The molecular formula is C13H17BrN2O2. The molecule has 4 nitrogen and oxygen atoms in total. The Morgan fingerprint density at radius 3 is 3.11 bits per heavy atom. The Bertz CT molecular complexity index is 425. The van der Waals surface area contributed by atoms with Gasteiger partial charge in [0.2, 0.25) is 0 Å². The molecule has 1 atom stereocenters. The van der Waals surface area contributed by atoms with Gasteiger partial charge in [0.15, 0.2) is 0 Å². The fourth-order valence-electron chi connectivity index (χ4n) is 2.13. The van der Waals surface area contributed by atoms with Gasteiger partial charge in [0.25, 0.3) is 5.91 Å². The summed E-state index contributed by atoms with van der Waals surface area (Å²) in [7, 11) is 1.91. The van der Waals surface area contributed by atoms with Gasteiger partial charge in [0.1, 0.15) is 6.61 Å². The number of morpholine rings is 1.